The minimum Gasteiger partial charge on any atom is -0.326 e. The second-order valence-corrected chi connectivity index (χ2v) is 3.69. The fourth-order valence-electron chi connectivity index (χ4n) is 1.57. The van der Waals surface area contributed by atoms with Crippen molar-refractivity contribution < 1.29 is 9.18 Å². The van der Waals surface area contributed by atoms with Gasteiger partial charge in [-0.3, -0.25) is 4.79 Å². The summed E-state index contributed by atoms with van der Waals surface area (Å²) in [7, 11) is 0. The summed E-state index contributed by atoms with van der Waals surface area (Å²) < 4.78 is 13.0. The van der Waals surface area contributed by atoms with Crippen LogP contribution in [0.2, 0.25) is 0 Å². The molecule has 0 bridgehead atoms. The van der Waals surface area contributed by atoms with Crippen LogP contribution in [-0.4, -0.2) is 5.91 Å². The van der Waals surface area contributed by atoms with Crippen LogP contribution in [0.5, 0.6) is 0 Å². The van der Waals surface area contributed by atoms with Crippen LogP contribution >= 0.6 is 0 Å². The maximum absolute atomic E-state index is 13.0. The smallest absolute Gasteiger partial charge is 0.221 e. The van der Waals surface area contributed by atoms with Crippen molar-refractivity contribution in [2.45, 2.75) is 25.7 Å². The van der Waals surface area contributed by atoms with E-state index in [2.05, 4.69) is 5.32 Å². The minimum absolute atomic E-state index is 0.112. The van der Waals surface area contributed by atoms with E-state index < -0.39 is 0 Å². The van der Waals surface area contributed by atoms with Crippen molar-refractivity contribution in [3.63, 3.8) is 0 Å². The fraction of sp³-hybridized carbons (Fsp3) is 0.364. The molecule has 0 spiro atoms. The van der Waals surface area contributed by atoms with Gasteiger partial charge in [0, 0.05) is 12.6 Å². The van der Waals surface area contributed by atoms with Gasteiger partial charge >= 0.3 is 0 Å². The van der Waals surface area contributed by atoms with Crippen molar-refractivity contribution in [1.29, 1.82) is 0 Å². The van der Waals surface area contributed by atoms with Crippen molar-refractivity contribution >= 4 is 11.6 Å². The predicted octanol–water partition coefficient (Wildman–Crippen LogP) is 2.66. The quantitative estimate of drug-likeness (QED) is 0.768. The Morgan fingerprint density at radius 2 is 2.21 bits per heavy atom. The Balaban J connectivity index is 2.32. The first-order valence-corrected chi connectivity index (χ1v) is 4.74. The van der Waals surface area contributed by atoms with Gasteiger partial charge in [0.25, 0.3) is 0 Å². The Morgan fingerprint density at radius 1 is 1.50 bits per heavy atom. The second-order valence-electron chi connectivity index (χ2n) is 3.69. The lowest BCUT2D eigenvalue weighted by atomic mass is 10.1. The zero-order chi connectivity index (χ0) is 10.1. The Bertz CT molecular complexity index is 372. The monoisotopic (exact) mass is 193 g/mol. The maximum Gasteiger partial charge on any atom is 0.221 e. The van der Waals surface area contributed by atoms with Gasteiger partial charge < -0.3 is 5.32 Å². The number of amides is 1. The molecule has 0 atom stereocenters. The Kier molecular flexibility index (Phi) is 2.23. The molecule has 1 N–H and O–H groups in total. The lowest BCUT2D eigenvalue weighted by molar-refractivity contribution is -0.114. The van der Waals surface area contributed by atoms with Gasteiger partial charge in [-0.1, -0.05) is 0 Å². The van der Waals surface area contributed by atoms with Crippen LogP contribution in [0.3, 0.4) is 0 Å². The third kappa shape index (κ3) is 1.92. The fourth-order valence-corrected chi connectivity index (χ4v) is 1.57. The van der Waals surface area contributed by atoms with Crippen molar-refractivity contribution in [3.8, 4) is 0 Å². The van der Waals surface area contributed by atoms with E-state index in [0.29, 0.717) is 5.92 Å². The number of carbonyl (C=O) groups excluding carboxylic acids is 1. The summed E-state index contributed by atoms with van der Waals surface area (Å²) >= 11 is 0. The molecule has 1 aliphatic rings. The first kappa shape index (κ1) is 9.19. The first-order valence-electron chi connectivity index (χ1n) is 4.74. The normalized spacial score (nSPS) is 15.3. The van der Waals surface area contributed by atoms with Gasteiger partial charge in [0.2, 0.25) is 5.91 Å². The van der Waals surface area contributed by atoms with Gasteiger partial charge in [0.1, 0.15) is 5.82 Å². The number of anilines is 1. The average molecular weight is 193 g/mol. The summed E-state index contributed by atoms with van der Waals surface area (Å²) in [5.74, 6) is 0.0899. The molecule has 1 fully saturated rings. The predicted molar refractivity (Wildman–Crippen MR) is 52.7 cm³/mol. The van der Waals surface area contributed by atoms with Gasteiger partial charge in [-0.2, -0.15) is 0 Å². The van der Waals surface area contributed by atoms with Crippen molar-refractivity contribution in [3.05, 3.63) is 29.6 Å². The van der Waals surface area contributed by atoms with Gasteiger partial charge in [-0.05, 0) is 42.5 Å². The van der Waals surface area contributed by atoms with E-state index in [-0.39, 0.29) is 11.7 Å². The molecule has 1 amide bonds. The van der Waals surface area contributed by atoms with E-state index in [1.807, 2.05) is 0 Å². The molecular weight excluding hydrogens is 181 g/mol. The molecule has 0 heterocycles. The number of benzene rings is 1. The highest BCUT2D eigenvalue weighted by atomic mass is 19.1. The van der Waals surface area contributed by atoms with Gasteiger partial charge in [0.15, 0.2) is 0 Å². The van der Waals surface area contributed by atoms with Gasteiger partial charge in [-0.15, -0.1) is 0 Å². The highest BCUT2D eigenvalue weighted by Crippen LogP contribution is 2.43. The lowest BCUT2D eigenvalue weighted by Crippen LogP contribution is -2.07. The summed E-state index contributed by atoms with van der Waals surface area (Å²) in [6.45, 7) is 1.46. The van der Waals surface area contributed by atoms with E-state index in [9.17, 15) is 9.18 Å². The Labute approximate surface area is 82.1 Å². The molecule has 14 heavy (non-hydrogen) atoms. The van der Waals surface area contributed by atoms with Crippen LogP contribution in [0.4, 0.5) is 10.1 Å². The third-order valence-electron chi connectivity index (χ3n) is 2.34. The Morgan fingerprint density at radius 3 is 2.79 bits per heavy atom. The third-order valence-corrected chi connectivity index (χ3v) is 2.34. The second kappa shape index (κ2) is 3.40. The molecule has 0 saturated heterocycles. The van der Waals surface area contributed by atoms with Crippen molar-refractivity contribution in [2.75, 3.05) is 5.32 Å². The van der Waals surface area contributed by atoms with E-state index in [1.165, 1.54) is 19.1 Å². The van der Waals surface area contributed by atoms with E-state index in [1.54, 1.807) is 6.07 Å². The topological polar surface area (TPSA) is 29.1 Å². The molecule has 1 aliphatic carbocycles. The molecule has 3 heteroatoms. The lowest BCUT2D eigenvalue weighted by Gasteiger charge is -2.08. The molecule has 74 valence electrons. The van der Waals surface area contributed by atoms with Crippen molar-refractivity contribution in [2.24, 2.45) is 0 Å². The van der Waals surface area contributed by atoms with Crippen LogP contribution in [-0.2, 0) is 4.79 Å². The van der Waals surface area contributed by atoms with Crippen LogP contribution < -0.4 is 5.32 Å². The SMILES string of the molecule is CC(=O)Nc1ccc(F)cc1C1CC1. The standard InChI is InChI=1S/C11H12FNO/c1-7(14)13-11-5-4-9(12)6-10(11)8-2-3-8/h4-6,8H,2-3H2,1H3,(H,13,14). The molecule has 2 rings (SSSR count). The zero-order valence-electron chi connectivity index (χ0n) is 8.01. The zero-order valence-corrected chi connectivity index (χ0v) is 8.01. The number of hydrogen-bond acceptors (Lipinski definition) is 1. The van der Waals surface area contributed by atoms with Gasteiger partial charge in [0.05, 0.1) is 0 Å². The summed E-state index contributed by atoms with van der Waals surface area (Å²) in [5.41, 5.74) is 1.68. The molecular formula is C11H12FNO. The van der Waals surface area contributed by atoms with Crippen LogP contribution in [0.15, 0.2) is 18.2 Å². The van der Waals surface area contributed by atoms with Crippen LogP contribution in [0.25, 0.3) is 0 Å². The summed E-state index contributed by atoms with van der Waals surface area (Å²) in [5, 5.41) is 2.72. The largest absolute Gasteiger partial charge is 0.326 e. The molecule has 2 nitrogen and oxygen atoms in total. The van der Waals surface area contributed by atoms with Crippen molar-refractivity contribution in [1.82, 2.24) is 0 Å². The molecule has 1 aromatic carbocycles. The molecule has 0 unspecified atom stereocenters. The number of halogens is 1. The number of carbonyl (C=O) groups is 1. The number of hydrogen-bond donors (Lipinski definition) is 1. The summed E-state index contributed by atoms with van der Waals surface area (Å²) in [4.78, 5) is 10.9. The van der Waals surface area contributed by atoms with E-state index in [4.69, 9.17) is 0 Å². The highest BCUT2D eigenvalue weighted by Gasteiger charge is 2.26. The Hall–Kier alpha value is -1.38. The first-order chi connectivity index (χ1) is 6.66. The summed E-state index contributed by atoms with van der Waals surface area (Å²) in [6.07, 6.45) is 2.19. The van der Waals surface area contributed by atoms with Crippen LogP contribution in [0, 0.1) is 5.82 Å². The molecule has 1 saturated carbocycles. The van der Waals surface area contributed by atoms with Crippen LogP contribution in [0.1, 0.15) is 31.2 Å². The number of rotatable bonds is 2. The van der Waals surface area contributed by atoms with E-state index >= 15 is 0 Å². The highest BCUT2D eigenvalue weighted by molar-refractivity contribution is 5.89. The molecule has 0 aromatic heterocycles. The molecule has 0 aliphatic heterocycles. The minimum atomic E-state index is -0.235. The van der Waals surface area contributed by atoms with E-state index in [0.717, 1.165) is 24.1 Å². The maximum atomic E-state index is 13.0. The van der Waals surface area contributed by atoms with Gasteiger partial charge in [-0.25, -0.2) is 4.39 Å². The number of nitrogens with one attached hydrogen (secondary N) is 1. The summed E-state index contributed by atoms with van der Waals surface area (Å²) in [6, 6.07) is 4.52. The molecule has 1 aromatic rings. The molecule has 0 radical (unpaired) electrons. The average Bonchev–Trinajstić information content (AvgIpc) is 2.90.